The maximum absolute atomic E-state index is 12.6. The molecule has 0 spiro atoms. The molecule has 0 unspecified atom stereocenters. The number of carbonyl (C=O) groups excluding carboxylic acids is 2. The standard InChI is InChI=1S/C23H22N4O2S2/c28-21(12-19-22(29)24-16-8-4-5-9-18(16)30-19)26-23-25-17-10-11-27(14-20(17)31-23)13-15-6-2-1-3-7-15/h1-9,19H,10-14H2,(H,24,29)(H,25,26,28)/t19-/m0/s1. The summed E-state index contributed by atoms with van der Waals surface area (Å²) in [5.41, 5.74) is 3.18. The second-order valence-electron chi connectivity index (χ2n) is 7.68. The van der Waals surface area contributed by atoms with E-state index in [9.17, 15) is 9.59 Å². The van der Waals surface area contributed by atoms with Gasteiger partial charge in [-0.3, -0.25) is 14.5 Å². The van der Waals surface area contributed by atoms with E-state index >= 15 is 0 Å². The van der Waals surface area contributed by atoms with Crippen molar-refractivity contribution in [2.45, 2.75) is 36.1 Å². The van der Waals surface area contributed by atoms with Crippen molar-refractivity contribution in [3.05, 3.63) is 70.7 Å². The number of thiazole rings is 1. The summed E-state index contributed by atoms with van der Waals surface area (Å²) in [7, 11) is 0. The van der Waals surface area contributed by atoms with Crippen LogP contribution in [0.3, 0.4) is 0 Å². The van der Waals surface area contributed by atoms with E-state index in [0.717, 1.165) is 42.3 Å². The average Bonchev–Trinajstić information content (AvgIpc) is 3.16. The molecule has 0 aliphatic carbocycles. The van der Waals surface area contributed by atoms with E-state index in [2.05, 4.69) is 44.8 Å². The molecule has 1 aromatic heterocycles. The first-order valence-electron chi connectivity index (χ1n) is 10.3. The average molecular weight is 451 g/mol. The largest absolute Gasteiger partial charge is 0.324 e. The van der Waals surface area contributed by atoms with Crippen LogP contribution in [0.4, 0.5) is 10.8 Å². The molecule has 2 aromatic carbocycles. The molecular weight excluding hydrogens is 428 g/mol. The zero-order valence-electron chi connectivity index (χ0n) is 16.8. The number of hydrogen-bond donors (Lipinski definition) is 2. The van der Waals surface area contributed by atoms with Crippen LogP contribution in [0.1, 0.15) is 22.6 Å². The van der Waals surface area contributed by atoms with Crippen molar-refractivity contribution in [2.24, 2.45) is 0 Å². The summed E-state index contributed by atoms with van der Waals surface area (Å²) in [5, 5.41) is 5.98. The number of nitrogens with zero attached hydrogens (tertiary/aromatic N) is 2. The highest BCUT2D eigenvalue weighted by Gasteiger charge is 2.29. The van der Waals surface area contributed by atoms with Crippen molar-refractivity contribution in [1.29, 1.82) is 0 Å². The summed E-state index contributed by atoms with van der Waals surface area (Å²) >= 11 is 2.97. The van der Waals surface area contributed by atoms with Gasteiger partial charge in [0.05, 0.1) is 16.6 Å². The van der Waals surface area contributed by atoms with Crippen LogP contribution in [0.5, 0.6) is 0 Å². The van der Waals surface area contributed by atoms with E-state index in [-0.39, 0.29) is 18.2 Å². The topological polar surface area (TPSA) is 74.3 Å². The molecule has 5 rings (SSSR count). The monoisotopic (exact) mass is 450 g/mol. The van der Waals surface area contributed by atoms with Crippen molar-refractivity contribution >= 4 is 45.7 Å². The van der Waals surface area contributed by atoms with Gasteiger partial charge < -0.3 is 10.6 Å². The third-order valence-electron chi connectivity index (χ3n) is 5.38. The Balaban J connectivity index is 1.19. The summed E-state index contributed by atoms with van der Waals surface area (Å²) in [6.07, 6.45) is 1.00. The van der Waals surface area contributed by atoms with Gasteiger partial charge in [0, 0.05) is 42.2 Å². The van der Waals surface area contributed by atoms with Gasteiger partial charge in [-0.05, 0) is 17.7 Å². The minimum atomic E-state index is -0.439. The Morgan fingerprint density at radius 3 is 2.84 bits per heavy atom. The van der Waals surface area contributed by atoms with Crippen LogP contribution in [0.2, 0.25) is 0 Å². The first kappa shape index (κ1) is 20.2. The number of nitrogens with one attached hydrogen (secondary N) is 2. The molecule has 158 valence electrons. The summed E-state index contributed by atoms with van der Waals surface area (Å²) in [6.45, 7) is 2.71. The molecular formula is C23H22N4O2S2. The number of benzene rings is 2. The van der Waals surface area contributed by atoms with E-state index in [1.54, 1.807) is 0 Å². The van der Waals surface area contributed by atoms with E-state index in [4.69, 9.17) is 0 Å². The molecule has 0 saturated carbocycles. The number of aromatic nitrogens is 1. The first-order chi connectivity index (χ1) is 15.1. The first-order valence-corrected chi connectivity index (χ1v) is 11.9. The summed E-state index contributed by atoms with van der Waals surface area (Å²) in [6, 6.07) is 18.1. The number of amides is 2. The van der Waals surface area contributed by atoms with Crippen molar-refractivity contribution < 1.29 is 9.59 Å². The van der Waals surface area contributed by atoms with E-state index < -0.39 is 5.25 Å². The number of rotatable bonds is 5. The lowest BCUT2D eigenvalue weighted by molar-refractivity contribution is -0.120. The van der Waals surface area contributed by atoms with Gasteiger partial charge in [0.15, 0.2) is 5.13 Å². The number of carbonyl (C=O) groups is 2. The fraction of sp³-hybridized carbons (Fsp3) is 0.261. The van der Waals surface area contributed by atoms with Crippen LogP contribution >= 0.6 is 23.1 Å². The van der Waals surface area contributed by atoms with Gasteiger partial charge in [-0.1, -0.05) is 42.5 Å². The zero-order chi connectivity index (χ0) is 21.2. The Kier molecular flexibility index (Phi) is 5.76. The van der Waals surface area contributed by atoms with Crippen molar-refractivity contribution in [2.75, 3.05) is 17.2 Å². The van der Waals surface area contributed by atoms with Crippen LogP contribution in [0.25, 0.3) is 0 Å². The van der Waals surface area contributed by atoms with Crippen LogP contribution in [0.15, 0.2) is 59.5 Å². The highest BCUT2D eigenvalue weighted by Crippen LogP contribution is 2.37. The Morgan fingerprint density at radius 1 is 1.16 bits per heavy atom. The van der Waals surface area contributed by atoms with Gasteiger partial charge in [-0.25, -0.2) is 4.98 Å². The second kappa shape index (κ2) is 8.82. The molecule has 3 heterocycles. The van der Waals surface area contributed by atoms with Crippen molar-refractivity contribution in [3.63, 3.8) is 0 Å². The van der Waals surface area contributed by atoms with Crippen molar-refractivity contribution in [1.82, 2.24) is 9.88 Å². The number of hydrogen-bond acceptors (Lipinski definition) is 6. The molecule has 1 atom stereocenters. The van der Waals surface area contributed by atoms with Crippen molar-refractivity contribution in [3.8, 4) is 0 Å². The molecule has 0 saturated heterocycles. The van der Waals surface area contributed by atoms with Gasteiger partial charge in [-0.2, -0.15) is 0 Å². The highest BCUT2D eigenvalue weighted by molar-refractivity contribution is 8.01. The third-order valence-corrected chi connectivity index (χ3v) is 7.66. The van der Waals surface area contributed by atoms with Gasteiger partial charge in [0.2, 0.25) is 11.8 Å². The highest BCUT2D eigenvalue weighted by atomic mass is 32.2. The van der Waals surface area contributed by atoms with E-state index in [0.29, 0.717) is 5.13 Å². The maximum Gasteiger partial charge on any atom is 0.238 e. The number of thioether (sulfide) groups is 1. The Morgan fingerprint density at radius 2 is 1.97 bits per heavy atom. The molecule has 3 aromatic rings. The van der Waals surface area contributed by atoms with Gasteiger partial charge >= 0.3 is 0 Å². The lowest BCUT2D eigenvalue weighted by Gasteiger charge is -2.25. The van der Waals surface area contributed by atoms with Gasteiger partial charge in [0.1, 0.15) is 0 Å². The lowest BCUT2D eigenvalue weighted by Crippen LogP contribution is -2.32. The normalized spacial score (nSPS) is 18.1. The van der Waals surface area contributed by atoms with Crippen LogP contribution in [-0.4, -0.2) is 33.5 Å². The van der Waals surface area contributed by atoms with Crippen LogP contribution in [-0.2, 0) is 29.1 Å². The molecule has 0 bridgehead atoms. The minimum absolute atomic E-state index is 0.120. The van der Waals surface area contributed by atoms with Crippen LogP contribution < -0.4 is 10.6 Å². The molecule has 31 heavy (non-hydrogen) atoms. The van der Waals surface area contributed by atoms with E-state index in [1.165, 1.54) is 33.5 Å². The summed E-state index contributed by atoms with van der Waals surface area (Å²) < 4.78 is 0. The fourth-order valence-electron chi connectivity index (χ4n) is 3.84. The number of fused-ring (bicyclic) bond motifs is 2. The SMILES string of the molecule is O=C(C[C@@H]1Sc2ccccc2NC1=O)Nc1nc2c(s1)CN(Cc1ccccc1)CC2. The molecule has 6 nitrogen and oxygen atoms in total. The number of anilines is 2. The quantitative estimate of drug-likeness (QED) is 0.611. The van der Waals surface area contributed by atoms with Crippen LogP contribution in [0, 0.1) is 0 Å². The second-order valence-corrected chi connectivity index (χ2v) is 10.0. The fourth-order valence-corrected chi connectivity index (χ4v) is 6.02. The predicted octanol–water partition coefficient (Wildman–Crippen LogP) is 4.14. The smallest absolute Gasteiger partial charge is 0.238 e. The molecule has 2 N–H and O–H groups in total. The lowest BCUT2D eigenvalue weighted by atomic mass is 10.1. The summed E-state index contributed by atoms with van der Waals surface area (Å²) in [5.74, 6) is -0.312. The van der Waals surface area contributed by atoms with E-state index in [1.807, 2.05) is 30.3 Å². The minimum Gasteiger partial charge on any atom is -0.324 e. The molecule has 2 aliphatic rings. The molecule has 8 heteroatoms. The predicted molar refractivity (Wildman–Crippen MR) is 124 cm³/mol. The third kappa shape index (κ3) is 4.66. The van der Waals surface area contributed by atoms with Gasteiger partial charge in [-0.15, -0.1) is 23.1 Å². The molecule has 2 aliphatic heterocycles. The zero-order valence-corrected chi connectivity index (χ0v) is 18.5. The summed E-state index contributed by atoms with van der Waals surface area (Å²) in [4.78, 5) is 34.2. The Hall–Kier alpha value is -2.68. The molecule has 2 amide bonds. The number of para-hydroxylation sites is 1. The maximum atomic E-state index is 12.6. The molecule has 0 radical (unpaired) electrons. The molecule has 0 fully saturated rings. The Labute approximate surface area is 189 Å². The van der Waals surface area contributed by atoms with Gasteiger partial charge in [0.25, 0.3) is 0 Å². The Bertz CT molecular complexity index is 1120.